The number of thioether (sulfide) groups is 1. The van der Waals surface area contributed by atoms with E-state index in [0.29, 0.717) is 47.6 Å². The highest BCUT2D eigenvalue weighted by Crippen LogP contribution is 2.30. The van der Waals surface area contributed by atoms with Gasteiger partial charge in [0.05, 0.1) is 12.1 Å². The second kappa shape index (κ2) is 7.82. The summed E-state index contributed by atoms with van der Waals surface area (Å²) in [7, 11) is 0. The first-order valence-electron chi connectivity index (χ1n) is 7.96. The van der Waals surface area contributed by atoms with E-state index in [9.17, 15) is 13.6 Å². The molecular formula is C18H18F2N2O2S. The van der Waals surface area contributed by atoms with Crippen LogP contribution < -0.4 is 4.74 Å². The summed E-state index contributed by atoms with van der Waals surface area (Å²) in [6.45, 7) is 2.83. The minimum Gasteiger partial charge on any atom is -0.472 e. The van der Waals surface area contributed by atoms with Crippen LogP contribution in [0.4, 0.5) is 8.78 Å². The summed E-state index contributed by atoms with van der Waals surface area (Å²) < 4.78 is 31.2. The molecule has 1 saturated heterocycles. The second-order valence-corrected chi connectivity index (χ2v) is 6.80. The molecule has 4 nitrogen and oxygen atoms in total. The van der Waals surface area contributed by atoms with Crippen LogP contribution in [0.5, 0.6) is 5.88 Å². The minimum absolute atomic E-state index is 0.145. The fourth-order valence-electron chi connectivity index (χ4n) is 2.78. The molecule has 0 radical (unpaired) electrons. The molecule has 7 heteroatoms. The van der Waals surface area contributed by atoms with Gasteiger partial charge in [-0.25, -0.2) is 4.98 Å². The van der Waals surface area contributed by atoms with Gasteiger partial charge in [0.15, 0.2) is 0 Å². The standard InChI is InChI=1S/C18H18F2N2O2S/c1-12-5-4-8-16(21-12)24-13-9-10-22(11-13)17(23)14-6-2-3-7-15(14)25-18(19)20/h2-8,13,18H,9-11H2,1H3. The highest BCUT2D eigenvalue weighted by Gasteiger charge is 2.30. The maximum absolute atomic E-state index is 12.7. The van der Waals surface area contributed by atoms with Crippen molar-refractivity contribution in [2.24, 2.45) is 0 Å². The zero-order chi connectivity index (χ0) is 17.8. The Labute approximate surface area is 149 Å². The number of rotatable bonds is 5. The predicted molar refractivity (Wildman–Crippen MR) is 92.2 cm³/mol. The van der Waals surface area contributed by atoms with Crippen molar-refractivity contribution in [3.05, 3.63) is 53.7 Å². The third-order valence-electron chi connectivity index (χ3n) is 3.92. The van der Waals surface area contributed by atoms with E-state index in [1.807, 2.05) is 19.1 Å². The Morgan fingerprint density at radius 3 is 2.84 bits per heavy atom. The van der Waals surface area contributed by atoms with Crippen molar-refractivity contribution in [3.8, 4) is 5.88 Å². The molecule has 2 aromatic rings. The van der Waals surface area contributed by atoms with Gasteiger partial charge in [-0.3, -0.25) is 4.79 Å². The van der Waals surface area contributed by atoms with Gasteiger partial charge in [0.2, 0.25) is 5.88 Å². The number of pyridine rings is 1. The van der Waals surface area contributed by atoms with Crippen molar-refractivity contribution in [2.75, 3.05) is 13.1 Å². The fraction of sp³-hybridized carbons (Fsp3) is 0.333. The lowest BCUT2D eigenvalue weighted by molar-refractivity contribution is 0.0767. The first-order valence-corrected chi connectivity index (χ1v) is 8.84. The number of carbonyl (C=O) groups is 1. The van der Waals surface area contributed by atoms with Gasteiger partial charge in [-0.15, -0.1) is 0 Å². The molecule has 0 spiro atoms. The maximum Gasteiger partial charge on any atom is 0.288 e. The van der Waals surface area contributed by atoms with E-state index >= 15 is 0 Å². The molecule has 0 N–H and O–H groups in total. The summed E-state index contributed by atoms with van der Waals surface area (Å²) >= 11 is 0.395. The van der Waals surface area contributed by atoms with E-state index in [-0.39, 0.29) is 12.0 Å². The van der Waals surface area contributed by atoms with Crippen LogP contribution in [0.15, 0.2) is 47.4 Å². The SMILES string of the molecule is Cc1cccc(OC2CCN(C(=O)c3ccccc3SC(F)F)C2)n1. The lowest BCUT2D eigenvalue weighted by Gasteiger charge is -2.18. The summed E-state index contributed by atoms with van der Waals surface area (Å²) in [6.07, 6.45) is 0.541. The molecule has 1 atom stereocenters. The van der Waals surface area contributed by atoms with Crippen LogP contribution >= 0.6 is 11.8 Å². The Morgan fingerprint density at radius 1 is 1.28 bits per heavy atom. The van der Waals surface area contributed by atoms with Gasteiger partial charge in [-0.1, -0.05) is 30.0 Å². The third-order valence-corrected chi connectivity index (χ3v) is 4.70. The number of ether oxygens (including phenoxy) is 1. The van der Waals surface area contributed by atoms with E-state index in [4.69, 9.17) is 4.74 Å². The van der Waals surface area contributed by atoms with Gasteiger partial charge in [-0.2, -0.15) is 8.78 Å². The van der Waals surface area contributed by atoms with Crippen LogP contribution in [0, 0.1) is 6.92 Å². The topological polar surface area (TPSA) is 42.4 Å². The summed E-state index contributed by atoms with van der Waals surface area (Å²) in [5.74, 6) is -2.27. The summed E-state index contributed by atoms with van der Waals surface area (Å²) in [4.78, 5) is 18.9. The molecule has 1 aliphatic rings. The van der Waals surface area contributed by atoms with Crippen LogP contribution in [-0.4, -0.2) is 40.7 Å². The average molecular weight is 364 g/mol. The molecule has 1 aliphatic heterocycles. The van der Waals surface area contributed by atoms with Crippen LogP contribution in [0.1, 0.15) is 22.5 Å². The van der Waals surface area contributed by atoms with E-state index in [1.165, 1.54) is 0 Å². The molecule has 1 aromatic carbocycles. The number of halogens is 2. The monoisotopic (exact) mass is 364 g/mol. The van der Waals surface area contributed by atoms with Crippen molar-refractivity contribution in [2.45, 2.75) is 30.1 Å². The highest BCUT2D eigenvalue weighted by atomic mass is 32.2. The Balaban J connectivity index is 1.67. The van der Waals surface area contributed by atoms with Gasteiger partial charge in [0, 0.05) is 29.6 Å². The zero-order valence-electron chi connectivity index (χ0n) is 13.7. The molecule has 1 unspecified atom stereocenters. The van der Waals surface area contributed by atoms with Crippen molar-refractivity contribution in [3.63, 3.8) is 0 Å². The van der Waals surface area contributed by atoms with Crippen LogP contribution in [0.2, 0.25) is 0 Å². The van der Waals surface area contributed by atoms with Gasteiger partial charge in [-0.05, 0) is 25.1 Å². The number of likely N-dealkylation sites (tertiary alicyclic amines) is 1. The van der Waals surface area contributed by atoms with Gasteiger partial charge >= 0.3 is 0 Å². The molecule has 0 bridgehead atoms. The van der Waals surface area contributed by atoms with E-state index in [2.05, 4.69) is 4.98 Å². The molecule has 1 fully saturated rings. The third kappa shape index (κ3) is 4.48. The summed E-state index contributed by atoms with van der Waals surface area (Å²) in [5.41, 5.74) is 1.17. The molecule has 1 aromatic heterocycles. The number of nitrogens with zero attached hydrogens (tertiary/aromatic N) is 2. The number of hydrogen-bond acceptors (Lipinski definition) is 4. The zero-order valence-corrected chi connectivity index (χ0v) is 14.5. The molecule has 2 heterocycles. The number of aryl methyl sites for hydroxylation is 1. The molecule has 0 aliphatic carbocycles. The number of alkyl halides is 2. The first kappa shape index (κ1) is 17.7. The Hall–Kier alpha value is -2.15. The number of aromatic nitrogens is 1. The molecule has 3 rings (SSSR count). The van der Waals surface area contributed by atoms with Gasteiger partial charge < -0.3 is 9.64 Å². The quantitative estimate of drug-likeness (QED) is 0.752. The molecule has 0 saturated carbocycles. The van der Waals surface area contributed by atoms with Crippen LogP contribution in [-0.2, 0) is 0 Å². The van der Waals surface area contributed by atoms with Crippen molar-refractivity contribution >= 4 is 17.7 Å². The molecular weight excluding hydrogens is 346 g/mol. The normalized spacial score (nSPS) is 17.1. The van der Waals surface area contributed by atoms with Gasteiger partial charge in [0.1, 0.15) is 6.10 Å². The first-order chi connectivity index (χ1) is 12.0. The number of amides is 1. The lowest BCUT2D eigenvalue weighted by atomic mass is 10.2. The number of hydrogen-bond donors (Lipinski definition) is 0. The Kier molecular flexibility index (Phi) is 5.53. The van der Waals surface area contributed by atoms with E-state index < -0.39 is 5.76 Å². The minimum atomic E-state index is -2.56. The second-order valence-electron chi connectivity index (χ2n) is 5.77. The number of carbonyl (C=O) groups excluding carboxylic acids is 1. The molecule has 132 valence electrons. The maximum atomic E-state index is 12.7. The van der Waals surface area contributed by atoms with E-state index in [0.717, 1.165) is 5.69 Å². The van der Waals surface area contributed by atoms with Crippen molar-refractivity contribution < 1.29 is 18.3 Å². The average Bonchev–Trinajstić information content (AvgIpc) is 3.03. The van der Waals surface area contributed by atoms with E-state index in [1.54, 1.807) is 35.2 Å². The summed E-state index contributed by atoms with van der Waals surface area (Å²) in [5, 5.41) is 0. The fourth-order valence-corrected chi connectivity index (χ4v) is 3.41. The Bertz CT molecular complexity index is 757. The van der Waals surface area contributed by atoms with Crippen LogP contribution in [0.25, 0.3) is 0 Å². The highest BCUT2D eigenvalue weighted by molar-refractivity contribution is 7.99. The smallest absolute Gasteiger partial charge is 0.288 e. The van der Waals surface area contributed by atoms with Crippen molar-refractivity contribution in [1.82, 2.24) is 9.88 Å². The largest absolute Gasteiger partial charge is 0.472 e. The predicted octanol–water partition coefficient (Wildman–Crippen LogP) is 4.00. The van der Waals surface area contributed by atoms with Gasteiger partial charge in [0.25, 0.3) is 11.7 Å². The molecule has 25 heavy (non-hydrogen) atoms. The number of benzene rings is 1. The summed E-state index contributed by atoms with van der Waals surface area (Å²) in [6, 6.07) is 12.0. The Morgan fingerprint density at radius 2 is 2.08 bits per heavy atom. The van der Waals surface area contributed by atoms with Crippen LogP contribution in [0.3, 0.4) is 0 Å². The lowest BCUT2D eigenvalue weighted by Crippen LogP contribution is -2.31. The molecule has 1 amide bonds. The van der Waals surface area contributed by atoms with Crippen molar-refractivity contribution in [1.29, 1.82) is 0 Å².